The van der Waals surface area contributed by atoms with E-state index in [2.05, 4.69) is 56.2 Å². The molecule has 2 fully saturated rings. The van der Waals surface area contributed by atoms with Gasteiger partial charge >= 0.3 is 0 Å². The number of hydrogen-bond donors (Lipinski definition) is 2. The van der Waals surface area contributed by atoms with Crippen LogP contribution in [-0.4, -0.2) is 65.4 Å². The third kappa shape index (κ3) is 4.92. The second kappa shape index (κ2) is 10.6. The zero-order valence-electron chi connectivity index (χ0n) is 21.7. The van der Waals surface area contributed by atoms with Gasteiger partial charge in [-0.15, -0.1) is 0 Å². The number of fused-ring (bicyclic) bond motifs is 2. The number of aryl methyl sites for hydroxylation is 1. The van der Waals surface area contributed by atoms with E-state index in [0.717, 1.165) is 76.3 Å². The van der Waals surface area contributed by atoms with Gasteiger partial charge in [0.15, 0.2) is 11.5 Å². The van der Waals surface area contributed by atoms with E-state index >= 15 is 0 Å². The highest BCUT2D eigenvalue weighted by molar-refractivity contribution is 6.35. The Bertz CT molecular complexity index is 1380. The summed E-state index contributed by atoms with van der Waals surface area (Å²) in [5, 5.41) is 6.45. The van der Waals surface area contributed by atoms with E-state index in [9.17, 15) is 0 Å². The van der Waals surface area contributed by atoms with Gasteiger partial charge in [-0.2, -0.15) is 0 Å². The Morgan fingerprint density at radius 3 is 2.70 bits per heavy atom. The highest BCUT2D eigenvalue weighted by Gasteiger charge is 2.27. The molecule has 0 amide bonds. The van der Waals surface area contributed by atoms with Crippen LogP contribution in [0.15, 0.2) is 36.7 Å². The number of pyridine rings is 1. The third-order valence-electron chi connectivity index (χ3n) is 8.26. The summed E-state index contributed by atoms with van der Waals surface area (Å²) in [6.07, 6.45) is 10.5. The lowest BCUT2D eigenvalue weighted by molar-refractivity contribution is 0.129. The number of benzene rings is 1. The normalized spacial score (nSPS) is 19.6. The Hall–Kier alpha value is -2.74. The first-order valence-corrected chi connectivity index (χ1v) is 13.9. The SMILES string of the molecule is COc1cc2c(-c3cc4c(Cl)ccnc4[nH]3)cn(C)c2cc1OCCN1CCC(C2CCCCN2)CC1. The van der Waals surface area contributed by atoms with E-state index in [1.54, 1.807) is 13.3 Å². The van der Waals surface area contributed by atoms with Gasteiger partial charge in [-0.25, -0.2) is 4.98 Å². The number of halogens is 1. The van der Waals surface area contributed by atoms with Gasteiger partial charge in [0.05, 0.1) is 17.6 Å². The average molecular weight is 522 g/mol. The molecule has 0 saturated carbocycles. The summed E-state index contributed by atoms with van der Waals surface area (Å²) in [6.45, 7) is 5.10. The quantitative estimate of drug-likeness (QED) is 0.330. The van der Waals surface area contributed by atoms with Crippen LogP contribution in [-0.2, 0) is 7.05 Å². The number of methoxy groups -OCH3 is 1. The van der Waals surface area contributed by atoms with E-state index in [1.165, 1.54) is 38.6 Å². The van der Waals surface area contributed by atoms with Crippen LogP contribution in [0.3, 0.4) is 0 Å². The maximum atomic E-state index is 6.39. The van der Waals surface area contributed by atoms with Crippen LogP contribution < -0.4 is 14.8 Å². The highest BCUT2D eigenvalue weighted by Crippen LogP contribution is 2.39. The average Bonchev–Trinajstić information content (AvgIpc) is 3.51. The number of nitrogens with one attached hydrogen (secondary N) is 2. The summed E-state index contributed by atoms with van der Waals surface area (Å²) >= 11 is 6.39. The first-order chi connectivity index (χ1) is 18.1. The molecule has 7 nitrogen and oxygen atoms in total. The lowest BCUT2D eigenvalue weighted by Gasteiger charge is -2.38. The number of piperidine rings is 2. The van der Waals surface area contributed by atoms with E-state index in [0.29, 0.717) is 11.6 Å². The fourth-order valence-corrected chi connectivity index (χ4v) is 6.36. The van der Waals surface area contributed by atoms with Crippen molar-refractivity contribution in [2.24, 2.45) is 13.0 Å². The molecule has 37 heavy (non-hydrogen) atoms. The van der Waals surface area contributed by atoms with E-state index in [-0.39, 0.29) is 0 Å². The Morgan fingerprint density at radius 2 is 1.95 bits per heavy atom. The molecular formula is C29H36ClN5O2. The number of nitrogens with zero attached hydrogens (tertiary/aromatic N) is 3. The molecule has 0 radical (unpaired) electrons. The van der Waals surface area contributed by atoms with E-state index < -0.39 is 0 Å². The molecule has 1 unspecified atom stereocenters. The first kappa shape index (κ1) is 24.6. The Kier molecular flexibility index (Phi) is 7.02. The van der Waals surface area contributed by atoms with Crippen LogP contribution in [0.1, 0.15) is 32.1 Å². The Labute approximate surface area is 223 Å². The molecule has 3 aromatic heterocycles. The molecule has 1 atom stereocenters. The van der Waals surface area contributed by atoms with Crippen molar-refractivity contribution < 1.29 is 9.47 Å². The second-order valence-electron chi connectivity index (χ2n) is 10.5. The van der Waals surface area contributed by atoms with Gasteiger partial charge in [0.25, 0.3) is 0 Å². The molecule has 2 saturated heterocycles. The number of hydrogen-bond acceptors (Lipinski definition) is 5. The van der Waals surface area contributed by atoms with Gasteiger partial charge in [-0.05, 0) is 69.4 Å². The van der Waals surface area contributed by atoms with Gasteiger partial charge in [-0.1, -0.05) is 18.0 Å². The van der Waals surface area contributed by atoms with Crippen LogP contribution in [0.5, 0.6) is 11.5 Å². The highest BCUT2D eigenvalue weighted by atomic mass is 35.5. The number of rotatable bonds is 7. The van der Waals surface area contributed by atoms with Crippen molar-refractivity contribution in [3.8, 4) is 22.8 Å². The predicted octanol–water partition coefficient (Wildman–Crippen LogP) is 5.62. The van der Waals surface area contributed by atoms with Crippen molar-refractivity contribution in [1.82, 2.24) is 24.8 Å². The Balaban J connectivity index is 1.14. The van der Waals surface area contributed by atoms with Crippen LogP contribution in [0.25, 0.3) is 33.2 Å². The van der Waals surface area contributed by atoms with Gasteiger partial charge in [-0.3, -0.25) is 4.90 Å². The zero-order valence-corrected chi connectivity index (χ0v) is 22.5. The van der Waals surface area contributed by atoms with Crippen molar-refractivity contribution in [1.29, 1.82) is 0 Å². The van der Waals surface area contributed by atoms with Crippen molar-refractivity contribution in [2.45, 2.75) is 38.1 Å². The summed E-state index contributed by atoms with van der Waals surface area (Å²) in [7, 11) is 3.76. The van der Waals surface area contributed by atoms with Crippen LogP contribution in [0.4, 0.5) is 0 Å². The second-order valence-corrected chi connectivity index (χ2v) is 10.9. The molecule has 2 N–H and O–H groups in total. The minimum atomic E-state index is 0.650. The summed E-state index contributed by atoms with van der Waals surface area (Å²) in [6, 6.07) is 8.77. The standard InChI is InChI=1S/C29H36ClN5O2/c1-34-18-22(25-15-21-23(30)6-10-32-29(21)33-25)20-16-27(36-2)28(17-26(20)34)37-14-13-35-11-7-19(8-12-35)24-5-3-4-9-31-24/h6,10,15-19,24,31H,3-5,7-9,11-14H2,1-2H3,(H,32,33). The molecule has 2 aliphatic rings. The molecule has 0 bridgehead atoms. The lowest BCUT2D eigenvalue weighted by Crippen LogP contribution is -2.46. The third-order valence-corrected chi connectivity index (χ3v) is 8.59. The van der Waals surface area contributed by atoms with Crippen LogP contribution in [0.2, 0.25) is 5.02 Å². The number of H-pyrrole nitrogens is 1. The number of ether oxygens (including phenoxy) is 2. The maximum absolute atomic E-state index is 6.39. The smallest absolute Gasteiger partial charge is 0.163 e. The lowest BCUT2D eigenvalue weighted by atomic mass is 9.85. The van der Waals surface area contributed by atoms with Gasteiger partial charge in [0.2, 0.25) is 0 Å². The van der Waals surface area contributed by atoms with Gasteiger partial charge in [0.1, 0.15) is 12.3 Å². The Morgan fingerprint density at radius 1 is 1.08 bits per heavy atom. The summed E-state index contributed by atoms with van der Waals surface area (Å²) in [4.78, 5) is 10.4. The molecule has 4 aromatic rings. The molecule has 2 aliphatic heterocycles. The van der Waals surface area contributed by atoms with Crippen LogP contribution in [0, 0.1) is 5.92 Å². The predicted molar refractivity (Wildman–Crippen MR) is 150 cm³/mol. The van der Waals surface area contributed by atoms with E-state index in [1.807, 2.05) is 6.07 Å². The molecule has 6 rings (SSSR count). The molecule has 0 aliphatic carbocycles. The van der Waals surface area contributed by atoms with Crippen molar-refractivity contribution in [3.05, 3.63) is 41.7 Å². The van der Waals surface area contributed by atoms with Crippen molar-refractivity contribution in [2.75, 3.05) is 39.9 Å². The molecule has 1 aromatic carbocycles. The largest absolute Gasteiger partial charge is 0.493 e. The number of aromatic nitrogens is 3. The summed E-state index contributed by atoms with van der Waals surface area (Å²) in [5.74, 6) is 2.36. The summed E-state index contributed by atoms with van der Waals surface area (Å²) in [5.41, 5.74) is 3.92. The van der Waals surface area contributed by atoms with Gasteiger partial charge in [0, 0.05) is 60.1 Å². The summed E-state index contributed by atoms with van der Waals surface area (Å²) < 4.78 is 14.2. The fraction of sp³-hybridized carbons (Fsp3) is 0.483. The van der Waals surface area contributed by atoms with Crippen LogP contribution >= 0.6 is 11.6 Å². The molecule has 8 heteroatoms. The van der Waals surface area contributed by atoms with Crippen molar-refractivity contribution in [3.63, 3.8) is 0 Å². The van der Waals surface area contributed by atoms with E-state index in [4.69, 9.17) is 21.1 Å². The van der Waals surface area contributed by atoms with Gasteiger partial charge < -0.3 is 24.3 Å². The molecule has 196 valence electrons. The minimum absolute atomic E-state index is 0.650. The monoisotopic (exact) mass is 521 g/mol. The number of likely N-dealkylation sites (tertiary alicyclic amines) is 1. The first-order valence-electron chi connectivity index (χ1n) is 13.5. The molecular weight excluding hydrogens is 486 g/mol. The fourth-order valence-electron chi connectivity index (χ4n) is 6.16. The molecule has 5 heterocycles. The minimum Gasteiger partial charge on any atom is -0.493 e. The molecule has 0 spiro atoms. The topological polar surface area (TPSA) is 67.3 Å². The van der Waals surface area contributed by atoms with Crippen molar-refractivity contribution >= 4 is 33.5 Å². The zero-order chi connectivity index (χ0) is 25.4. The number of aromatic amines is 1. The maximum Gasteiger partial charge on any atom is 0.163 e.